The minimum absolute atomic E-state index is 0.295. The van der Waals surface area contributed by atoms with E-state index < -0.39 is 23.7 Å². The Morgan fingerprint density at radius 2 is 1.79 bits per heavy atom. The summed E-state index contributed by atoms with van der Waals surface area (Å²) >= 11 is 0. The number of hydrogen-bond donors (Lipinski definition) is 1. The number of hydrogen-bond acceptors (Lipinski definition) is 3. The first-order valence-electron chi connectivity index (χ1n) is 12.6. The number of nitrogens with one attached hydrogen (secondary N) is 1. The minimum atomic E-state index is -2.06. The van der Waals surface area contributed by atoms with Gasteiger partial charge < -0.3 is 10.1 Å². The highest BCUT2D eigenvalue weighted by atomic mass is 19.1. The minimum Gasteiger partial charge on any atom is -0.484 e. The summed E-state index contributed by atoms with van der Waals surface area (Å²) in [5.74, 6) is -0.858. The molecule has 4 rings (SSSR count). The number of fused-ring (bicyclic) bond motifs is 1. The lowest BCUT2D eigenvalue weighted by Crippen LogP contribution is -2.46. The molecule has 1 aliphatic heterocycles. The summed E-state index contributed by atoms with van der Waals surface area (Å²) < 4.78 is 48.2. The van der Waals surface area contributed by atoms with E-state index in [1.165, 1.54) is 32.0 Å². The third-order valence-electron chi connectivity index (χ3n) is 6.49. The van der Waals surface area contributed by atoms with Gasteiger partial charge in [0.15, 0.2) is 5.67 Å². The zero-order valence-corrected chi connectivity index (χ0v) is 21.9. The Kier molecular flexibility index (Phi) is 8.05. The Hall–Kier alpha value is -3.87. The van der Waals surface area contributed by atoms with Gasteiger partial charge in [-0.3, -0.25) is 9.79 Å². The number of amides is 1. The molecule has 2 atom stereocenters. The van der Waals surface area contributed by atoms with Gasteiger partial charge in [-0.2, -0.15) is 0 Å². The first-order valence-corrected chi connectivity index (χ1v) is 12.6. The van der Waals surface area contributed by atoms with Crippen molar-refractivity contribution in [1.82, 2.24) is 5.32 Å². The first kappa shape index (κ1) is 27.2. The van der Waals surface area contributed by atoms with Crippen molar-refractivity contribution in [1.29, 1.82) is 0 Å². The van der Waals surface area contributed by atoms with E-state index in [4.69, 9.17) is 4.74 Å². The van der Waals surface area contributed by atoms with Crippen molar-refractivity contribution in [2.75, 3.05) is 6.54 Å². The fourth-order valence-corrected chi connectivity index (χ4v) is 4.29. The molecule has 0 radical (unpaired) electrons. The zero-order chi connectivity index (χ0) is 27.4. The second-order valence-corrected chi connectivity index (χ2v) is 9.91. The molecule has 0 bridgehead atoms. The monoisotopic (exact) mass is 520 g/mol. The van der Waals surface area contributed by atoms with Crippen LogP contribution in [-0.4, -0.2) is 30.4 Å². The van der Waals surface area contributed by atoms with Crippen LogP contribution in [0.1, 0.15) is 61.6 Å². The summed E-state index contributed by atoms with van der Waals surface area (Å²) in [6.07, 6.45) is 3.55. The van der Waals surface area contributed by atoms with Crippen LogP contribution in [-0.2, 0) is 11.2 Å². The molecule has 0 saturated heterocycles. The number of carbonyl (C=O) groups is 1. The van der Waals surface area contributed by atoms with Gasteiger partial charge in [-0.05, 0) is 97.5 Å². The van der Waals surface area contributed by atoms with E-state index in [1.54, 1.807) is 37.4 Å². The van der Waals surface area contributed by atoms with Gasteiger partial charge in [0.05, 0.1) is 12.6 Å². The smallest absolute Gasteiger partial charge is 0.257 e. The molecule has 0 unspecified atom stereocenters. The van der Waals surface area contributed by atoms with Crippen molar-refractivity contribution in [2.24, 2.45) is 4.99 Å². The number of carbonyl (C=O) groups excluding carboxylic acids is 1. The summed E-state index contributed by atoms with van der Waals surface area (Å²) in [6, 6.07) is 15.9. The van der Waals surface area contributed by atoms with Crippen LogP contribution in [0.3, 0.4) is 0 Å². The van der Waals surface area contributed by atoms with Gasteiger partial charge in [0, 0.05) is 11.8 Å². The van der Waals surface area contributed by atoms with Gasteiger partial charge in [-0.1, -0.05) is 31.2 Å². The number of alkyl halides is 1. The van der Waals surface area contributed by atoms with Gasteiger partial charge in [-0.15, -0.1) is 0 Å². The van der Waals surface area contributed by atoms with Crippen LogP contribution in [0.5, 0.6) is 5.75 Å². The summed E-state index contributed by atoms with van der Waals surface area (Å²) in [7, 11) is 0. The van der Waals surface area contributed by atoms with Crippen molar-refractivity contribution in [2.45, 2.75) is 51.9 Å². The van der Waals surface area contributed by atoms with Crippen molar-refractivity contribution in [3.63, 3.8) is 0 Å². The molecule has 3 aromatic rings. The van der Waals surface area contributed by atoms with Crippen molar-refractivity contribution >= 4 is 23.8 Å². The van der Waals surface area contributed by atoms with Crippen LogP contribution < -0.4 is 10.1 Å². The van der Waals surface area contributed by atoms with Crippen molar-refractivity contribution < 1.29 is 22.7 Å². The summed E-state index contributed by atoms with van der Waals surface area (Å²) in [4.78, 5) is 16.9. The molecule has 1 amide bonds. The molecule has 7 heteroatoms. The largest absolute Gasteiger partial charge is 0.484 e. The van der Waals surface area contributed by atoms with Crippen molar-refractivity contribution in [3.05, 3.63) is 100 Å². The molecule has 1 N–H and O–H groups in total. The third kappa shape index (κ3) is 6.33. The van der Waals surface area contributed by atoms with Crippen LogP contribution in [0.25, 0.3) is 11.6 Å². The second-order valence-electron chi connectivity index (χ2n) is 9.91. The molecule has 0 aliphatic carbocycles. The molecule has 4 nitrogen and oxygen atoms in total. The predicted molar refractivity (Wildman–Crippen MR) is 145 cm³/mol. The maximum atomic E-state index is 14.3. The fraction of sp³-hybridized carbons (Fsp3) is 0.290. The number of nitrogens with zero attached hydrogens (tertiary/aromatic N) is 1. The number of aryl methyl sites for hydroxylation is 1. The van der Waals surface area contributed by atoms with E-state index in [-0.39, 0.29) is 11.6 Å². The molecule has 1 aliphatic rings. The van der Waals surface area contributed by atoms with Crippen LogP contribution in [0.15, 0.2) is 65.7 Å². The summed E-state index contributed by atoms with van der Waals surface area (Å²) in [5.41, 5.74) is 2.71. The highest BCUT2D eigenvalue weighted by Gasteiger charge is 2.31. The number of benzene rings is 3. The topological polar surface area (TPSA) is 50.7 Å². The average molecular weight is 521 g/mol. The Morgan fingerprint density at radius 3 is 2.47 bits per heavy atom. The lowest BCUT2D eigenvalue weighted by molar-refractivity contribution is -0.132. The number of rotatable bonds is 8. The van der Waals surface area contributed by atoms with Gasteiger partial charge in [0.1, 0.15) is 23.5 Å². The second kappa shape index (κ2) is 11.3. The zero-order valence-electron chi connectivity index (χ0n) is 21.9. The maximum Gasteiger partial charge on any atom is 0.257 e. The van der Waals surface area contributed by atoms with Crippen LogP contribution in [0.2, 0.25) is 0 Å². The van der Waals surface area contributed by atoms with Gasteiger partial charge >= 0.3 is 0 Å². The molecular formula is C31H31F3N2O2. The predicted octanol–water partition coefficient (Wildman–Crippen LogP) is 6.87. The number of ether oxygens (including phenoxy) is 1. The molecule has 0 spiro atoms. The van der Waals surface area contributed by atoms with E-state index in [0.717, 1.165) is 22.3 Å². The van der Waals surface area contributed by atoms with E-state index >= 15 is 0 Å². The lowest BCUT2D eigenvalue weighted by Gasteiger charge is -2.28. The van der Waals surface area contributed by atoms with Crippen LogP contribution in [0, 0.1) is 11.6 Å². The third-order valence-corrected chi connectivity index (χ3v) is 6.49. The normalized spacial score (nSPS) is 14.7. The Balaban J connectivity index is 1.66. The molecule has 1 heterocycles. The van der Waals surface area contributed by atoms with E-state index in [1.807, 2.05) is 31.2 Å². The highest BCUT2D eigenvalue weighted by molar-refractivity contribution is 5.94. The van der Waals surface area contributed by atoms with E-state index in [9.17, 15) is 18.0 Å². The summed E-state index contributed by atoms with van der Waals surface area (Å²) in [6.45, 7) is 6.41. The van der Waals surface area contributed by atoms with Crippen LogP contribution in [0.4, 0.5) is 13.2 Å². The van der Waals surface area contributed by atoms with Crippen LogP contribution >= 0.6 is 0 Å². The molecule has 0 fully saturated rings. The van der Waals surface area contributed by atoms with Gasteiger partial charge in [0.2, 0.25) is 0 Å². The molecule has 0 aromatic heterocycles. The molecule has 3 aromatic carbocycles. The average Bonchev–Trinajstić information content (AvgIpc) is 3.09. The first-order chi connectivity index (χ1) is 18.0. The van der Waals surface area contributed by atoms with Gasteiger partial charge in [0.25, 0.3) is 5.91 Å². The Labute approximate surface area is 221 Å². The van der Waals surface area contributed by atoms with Crippen molar-refractivity contribution in [3.8, 4) is 5.75 Å². The fourth-order valence-electron chi connectivity index (χ4n) is 4.29. The quantitative estimate of drug-likeness (QED) is 0.352. The number of aliphatic imine (C=N–C) groups is 1. The van der Waals surface area contributed by atoms with E-state index in [2.05, 4.69) is 10.3 Å². The van der Waals surface area contributed by atoms with Gasteiger partial charge in [-0.25, -0.2) is 13.2 Å². The maximum absolute atomic E-state index is 14.3. The standard InChI is InChI=1S/C31H31F3N2O2/c1-5-20-14-23(9-13-28(20)33)29(19(2)36-30(37)31(3,4)34)38-27-12-8-22-15-24(17-35-18-25(22)16-27)21-6-10-26(32)11-7-21/h6-16,18-19,29H,5,17H2,1-4H3,(H,36,37)/t19-,29-/m0/s1. The lowest BCUT2D eigenvalue weighted by atomic mass is 9.98. The molecular weight excluding hydrogens is 489 g/mol. The Bertz CT molecular complexity index is 1370. The summed E-state index contributed by atoms with van der Waals surface area (Å²) in [5, 5.41) is 2.70. The SMILES string of the molecule is CCc1cc([C@@H](Oc2ccc3c(c2)C=NCC(c2ccc(F)cc2)=C3)[C@H](C)NC(=O)C(C)(C)F)ccc1F. The van der Waals surface area contributed by atoms with E-state index in [0.29, 0.717) is 29.8 Å². The molecule has 198 valence electrons. The highest BCUT2D eigenvalue weighted by Crippen LogP contribution is 2.31. The Morgan fingerprint density at radius 1 is 1.05 bits per heavy atom. The molecule has 0 saturated carbocycles. The number of halogens is 3. The molecule has 38 heavy (non-hydrogen) atoms.